The van der Waals surface area contributed by atoms with E-state index >= 15 is 0 Å². The van der Waals surface area contributed by atoms with Gasteiger partial charge in [0.1, 0.15) is 12.6 Å². The molecule has 210 valence electrons. The van der Waals surface area contributed by atoms with E-state index in [0.29, 0.717) is 17.8 Å². The number of anilines is 3. The molecule has 0 saturated heterocycles. The Kier molecular flexibility index (Phi) is 8.47. The van der Waals surface area contributed by atoms with Crippen molar-refractivity contribution >= 4 is 34.9 Å². The Hall–Kier alpha value is -4.33. The lowest BCUT2D eigenvalue weighted by atomic mass is 9.86. The molecule has 0 bridgehead atoms. The van der Waals surface area contributed by atoms with E-state index < -0.39 is 17.6 Å². The maximum atomic E-state index is 14.1. The Morgan fingerprint density at radius 2 is 1.70 bits per heavy atom. The van der Waals surface area contributed by atoms with Gasteiger partial charge in [0.2, 0.25) is 11.8 Å². The lowest BCUT2D eigenvalue weighted by Crippen LogP contribution is -2.53. The van der Waals surface area contributed by atoms with Crippen molar-refractivity contribution in [1.82, 2.24) is 10.6 Å². The van der Waals surface area contributed by atoms with Crippen molar-refractivity contribution in [3.05, 3.63) is 89.5 Å². The summed E-state index contributed by atoms with van der Waals surface area (Å²) in [6, 6.07) is 22.0. The number of fused-ring (bicyclic) bond motifs is 1. The van der Waals surface area contributed by atoms with Crippen LogP contribution in [0.2, 0.25) is 0 Å². The summed E-state index contributed by atoms with van der Waals surface area (Å²) in [6.07, 6.45) is 0.339. The first-order chi connectivity index (χ1) is 18.9. The van der Waals surface area contributed by atoms with Crippen molar-refractivity contribution in [1.29, 1.82) is 0 Å². The Bertz CT molecular complexity index is 1400. The van der Waals surface area contributed by atoms with Crippen LogP contribution in [-0.2, 0) is 9.59 Å². The molecule has 8 nitrogen and oxygen atoms in total. The zero-order chi connectivity index (χ0) is 29.0. The number of amides is 4. The summed E-state index contributed by atoms with van der Waals surface area (Å²) >= 11 is 0. The Labute approximate surface area is 236 Å². The summed E-state index contributed by atoms with van der Waals surface area (Å²) in [5, 5.41) is 8.72. The molecule has 1 heterocycles. The second kappa shape index (κ2) is 11.8. The zero-order valence-electron chi connectivity index (χ0n) is 24.1. The molecular formula is C32H39N5O3. The highest BCUT2D eigenvalue weighted by Crippen LogP contribution is 2.40. The van der Waals surface area contributed by atoms with Gasteiger partial charge in [-0.3, -0.25) is 9.59 Å². The predicted molar refractivity (Wildman–Crippen MR) is 161 cm³/mol. The monoisotopic (exact) mass is 541 g/mol. The number of benzene rings is 3. The average molecular weight is 542 g/mol. The summed E-state index contributed by atoms with van der Waals surface area (Å²) in [5.41, 5.74) is 4.85. The summed E-state index contributed by atoms with van der Waals surface area (Å²) in [5.74, 6) is -0.797. The molecule has 4 rings (SSSR count). The van der Waals surface area contributed by atoms with E-state index in [1.165, 1.54) is 4.90 Å². The molecule has 1 aliphatic rings. The lowest BCUT2D eigenvalue weighted by Gasteiger charge is -2.28. The van der Waals surface area contributed by atoms with Gasteiger partial charge >= 0.3 is 6.03 Å². The number of hydrogen-bond donors (Lipinski definition) is 3. The smallest absolute Gasteiger partial charge is 0.319 e. The highest BCUT2D eigenvalue weighted by Gasteiger charge is 2.37. The quantitative estimate of drug-likeness (QED) is 0.408. The summed E-state index contributed by atoms with van der Waals surface area (Å²) in [6.45, 7) is 7.49. The van der Waals surface area contributed by atoms with Crippen molar-refractivity contribution in [3.8, 4) is 0 Å². The number of carbonyl (C=O) groups is 3. The van der Waals surface area contributed by atoms with Gasteiger partial charge in [-0.2, -0.15) is 0 Å². The van der Waals surface area contributed by atoms with E-state index in [-0.39, 0.29) is 24.3 Å². The van der Waals surface area contributed by atoms with E-state index in [1.54, 1.807) is 6.07 Å². The third-order valence-corrected chi connectivity index (χ3v) is 6.82. The lowest BCUT2D eigenvalue weighted by molar-refractivity contribution is -0.125. The average Bonchev–Trinajstić information content (AvgIpc) is 2.98. The van der Waals surface area contributed by atoms with Crippen LogP contribution in [-0.4, -0.2) is 50.1 Å². The number of urea groups is 1. The number of carbonyl (C=O) groups excluding carboxylic acids is 3. The first kappa shape index (κ1) is 28.7. The minimum Gasteiger partial charge on any atom is -0.378 e. The normalized spacial score (nSPS) is 16.9. The van der Waals surface area contributed by atoms with E-state index in [2.05, 4.69) is 22.0 Å². The zero-order valence-corrected chi connectivity index (χ0v) is 24.1. The number of para-hydroxylation sites is 1. The second-order valence-electron chi connectivity index (χ2n) is 11.6. The molecule has 0 aromatic heterocycles. The van der Waals surface area contributed by atoms with Crippen molar-refractivity contribution in [2.45, 2.75) is 51.6 Å². The van der Waals surface area contributed by atoms with Crippen molar-refractivity contribution in [2.24, 2.45) is 0 Å². The first-order valence-corrected chi connectivity index (χ1v) is 13.5. The van der Waals surface area contributed by atoms with Crippen LogP contribution >= 0.6 is 0 Å². The number of hydrogen-bond acceptors (Lipinski definition) is 4. The van der Waals surface area contributed by atoms with Gasteiger partial charge in [0.25, 0.3) is 0 Å². The third kappa shape index (κ3) is 7.00. The van der Waals surface area contributed by atoms with Crippen LogP contribution in [0.4, 0.5) is 21.9 Å². The molecule has 8 heteroatoms. The molecule has 0 fully saturated rings. The Morgan fingerprint density at radius 3 is 2.40 bits per heavy atom. The Balaban J connectivity index is 1.73. The largest absolute Gasteiger partial charge is 0.378 e. The van der Waals surface area contributed by atoms with Crippen LogP contribution in [0, 0.1) is 6.92 Å². The minimum atomic E-state index is -0.868. The van der Waals surface area contributed by atoms with E-state index in [0.717, 1.165) is 22.4 Å². The number of nitrogens with zero attached hydrogens (tertiary/aromatic N) is 2. The molecule has 2 unspecified atom stereocenters. The molecule has 3 aromatic carbocycles. The van der Waals surface area contributed by atoms with Crippen LogP contribution in [0.3, 0.4) is 0 Å². The molecule has 40 heavy (non-hydrogen) atoms. The SMILES string of the molecule is Cc1cccc(NC(=O)NC2CC(c3cccc(N(C)C)c3)c3ccccc3N(CC(=O)NC(C)(C)C)C2=O)c1. The molecule has 3 aromatic rings. The topological polar surface area (TPSA) is 93.8 Å². The Morgan fingerprint density at radius 1 is 0.975 bits per heavy atom. The van der Waals surface area contributed by atoms with Crippen LogP contribution in [0.25, 0.3) is 0 Å². The van der Waals surface area contributed by atoms with Crippen LogP contribution in [0.15, 0.2) is 72.8 Å². The molecule has 0 spiro atoms. The van der Waals surface area contributed by atoms with Gasteiger partial charge in [-0.1, -0.05) is 42.5 Å². The van der Waals surface area contributed by atoms with Gasteiger partial charge in [0.05, 0.1) is 0 Å². The van der Waals surface area contributed by atoms with Crippen molar-refractivity contribution in [2.75, 3.05) is 35.8 Å². The van der Waals surface area contributed by atoms with Gasteiger partial charge in [0.15, 0.2) is 0 Å². The number of nitrogens with one attached hydrogen (secondary N) is 3. The molecular weight excluding hydrogens is 502 g/mol. The highest BCUT2D eigenvalue weighted by atomic mass is 16.2. The fraction of sp³-hybridized carbons (Fsp3) is 0.344. The van der Waals surface area contributed by atoms with Gasteiger partial charge in [-0.25, -0.2) is 4.79 Å². The summed E-state index contributed by atoms with van der Waals surface area (Å²) in [4.78, 5) is 43.8. The van der Waals surface area contributed by atoms with Crippen molar-refractivity contribution < 1.29 is 14.4 Å². The molecule has 0 saturated carbocycles. The second-order valence-corrected chi connectivity index (χ2v) is 11.6. The number of rotatable bonds is 6. The van der Waals surface area contributed by atoms with Crippen LogP contribution in [0.1, 0.15) is 49.8 Å². The fourth-order valence-electron chi connectivity index (χ4n) is 5.07. The standard InChI is InChI=1S/C32H39N5O3/c1-21-11-9-13-23(17-21)33-31(40)34-27-19-26(22-12-10-14-24(18-22)36(5)6)25-15-7-8-16-28(25)37(30(27)39)20-29(38)35-32(2,3)4/h7-18,26-27H,19-20H2,1-6H3,(H,35,38)(H2,33,34,40). The van der Waals surface area contributed by atoms with Crippen LogP contribution < -0.4 is 25.8 Å². The minimum absolute atomic E-state index is 0.157. The summed E-state index contributed by atoms with van der Waals surface area (Å²) < 4.78 is 0. The molecule has 2 atom stereocenters. The summed E-state index contributed by atoms with van der Waals surface area (Å²) in [7, 11) is 3.97. The van der Waals surface area contributed by atoms with Gasteiger partial charge < -0.3 is 25.8 Å². The van der Waals surface area contributed by atoms with Crippen molar-refractivity contribution in [3.63, 3.8) is 0 Å². The van der Waals surface area contributed by atoms with E-state index in [1.807, 2.05) is 107 Å². The highest BCUT2D eigenvalue weighted by molar-refractivity contribution is 6.05. The maximum Gasteiger partial charge on any atom is 0.319 e. The number of aryl methyl sites for hydroxylation is 1. The molecule has 0 radical (unpaired) electrons. The van der Waals surface area contributed by atoms with Gasteiger partial charge in [0, 0.05) is 42.6 Å². The van der Waals surface area contributed by atoms with Gasteiger partial charge in [-0.05, 0) is 81.1 Å². The van der Waals surface area contributed by atoms with E-state index in [9.17, 15) is 14.4 Å². The van der Waals surface area contributed by atoms with Crippen LogP contribution in [0.5, 0.6) is 0 Å². The van der Waals surface area contributed by atoms with E-state index in [4.69, 9.17) is 0 Å². The maximum absolute atomic E-state index is 14.1. The van der Waals surface area contributed by atoms with Gasteiger partial charge in [-0.15, -0.1) is 0 Å². The first-order valence-electron chi connectivity index (χ1n) is 13.5. The molecule has 3 N–H and O–H groups in total. The predicted octanol–water partition coefficient (Wildman–Crippen LogP) is 5.03. The molecule has 0 aliphatic carbocycles. The third-order valence-electron chi connectivity index (χ3n) is 6.82. The molecule has 4 amide bonds. The fourth-order valence-corrected chi connectivity index (χ4v) is 5.07. The molecule has 1 aliphatic heterocycles.